The van der Waals surface area contributed by atoms with Crippen molar-refractivity contribution in [3.8, 4) is 6.07 Å². The number of hydrogen-bond acceptors (Lipinski definition) is 5. The Morgan fingerprint density at radius 2 is 2.19 bits per heavy atom. The summed E-state index contributed by atoms with van der Waals surface area (Å²) >= 11 is 0. The summed E-state index contributed by atoms with van der Waals surface area (Å²) in [5, 5.41) is 8.74. The van der Waals surface area contributed by atoms with E-state index in [1.807, 2.05) is 6.07 Å². The predicted molar refractivity (Wildman–Crippen MR) is 59.5 cm³/mol. The number of rotatable bonds is 4. The van der Waals surface area contributed by atoms with E-state index >= 15 is 0 Å². The van der Waals surface area contributed by atoms with Crippen LogP contribution in [0.2, 0.25) is 0 Å². The highest BCUT2D eigenvalue weighted by Gasteiger charge is 2.15. The maximum Gasteiger partial charge on any atom is 0.180 e. The molecule has 6 heteroatoms. The number of nitrogen functional groups attached to an aromatic ring is 1. The molecule has 0 radical (unpaired) electrons. The van der Waals surface area contributed by atoms with Gasteiger partial charge in [-0.2, -0.15) is 5.26 Å². The molecule has 0 saturated heterocycles. The number of nitrogens with zero attached hydrogens (tertiary/aromatic N) is 1. The molecule has 1 aromatic rings. The number of sulfone groups is 1. The van der Waals surface area contributed by atoms with Crippen molar-refractivity contribution in [2.75, 3.05) is 25.2 Å². The SMILES string of the molecule is COCCS(=O)(=O)c1ccc(N)c(C#N)c1. The molecule has 0 saturated carbocycles. The maximum atomic E-state index is 11.7. The number of methoxy groups -OCH3 is 1. The lowest BCUT2D eigenvalue weighted by Crippen LogP contribution is -2.11. The molecular formula is C10H12N2O3S. The normalized spacial score (nSPS) is 11.0. The third-order valence-electron chi connectivity index (χ3n) is 2.06. The van der Waals surface area contributed by atoms with E-state index in [2.05, 4.69) is 0 Å². The minimum atomic E-state index is -3.40. The van der Waals surface area contributed by atoms with Gasteiger partial charge >= 0.3 is 0 Å². The van der Waals surface area contributed by atoms with Crippen molar-refractivity contribution < 1.29 is 13.2 Å². The highest BCUT2D eigenvalue weighted by atomic mass is 32.2. The fourth-order valence-corrected chi connectivity index (χ4v) is 2.33. The maximum absolute atomic E-state index is 11.7. The van der Waals surface area contributed by atoms with Gasteiger partial charge in [-0.1, -0.05) is 0 Å². The molecule has 0 fully saturated rings. The first kappa shape index (κ1) is 12.5. The molecule has 86 valence electrons. The number of nitriles is 1. The zero-order valence-corrected chi connectivity index (χ0v) is 9.62. The van der Waals surface area contributed by atoms with E-state index in [9.17, 15) is 8.42 Å². The zero-order valence-electron chi connectivity index (χ0n) is 8.80. The third-order valence-corrected chi connectivity index (χ3v) is 3.74. The summed E-state index contributed by atoms with van der Waals surface area (Å²) in [6, 6.07) is 5.93. The minimum absolute atomic E-state index is 0.0929. The largest absolute Gasteiger partial charge is 0.398 e. The van der Waals surface area contributed by atoms with Crippen LogP contribution in [0.3, 0.4) is 0 Å². The number of benzene rings is 1. The van der Waals surface area contributed by atoms with Crippen LogP contribution in [0.25, 0.3) is 0 Å². The molecular weight excluding hydrogens is 228 g/mol. The first-order valence-corrected chi connectivity index (χ1v) is 6.18. The molecule has 0 unspecified atom stereocenters. The molecule has 16 heavy (non-hydrogen) atoms. The van der Waals surface area contributed by atoms with Gasteiger partial charge in [0.05, 0.1) is 22.8 Å². The average molecular weight is 240 g/mol. The summed E-state index contributed by atoms with van der Waals surface area (Å²) in [5.41, 5.74) is 5.94. The van der Waals surface area contributed by atoms with Gasteiger partial charge in [0.25, 0.3) is 0 Å². The molecule has 1 aromatic carbocycles. The number of hydrogen-bond donors (Lipinski definition) is 1. The van der Waals surface area contributed by atoms with E-state index in [0.717, 1.165) is 0 Å². The molecule has 0 aromatic heterocycles. The Morgan fingerprint density at radius 1 is 1.50 bits per heavy atom. The first-order valence-electron chi connectivity index (χ1n) is 4.52. The van der Waals surface area contributed by atoms with Crippen LogP contribution in [0.1, 0.15) is 5.56 Å². The van der Waals surface area contributed by atoms with Gasteiger partial charge in [0.2, 0.25) is 0 Å². The van der Waals surface area contributed by atoms with Crippen LogP contribution in [0.4, 0.5) is 5.69 Å². The Kier molecular flexibility index (Phi) is 3.88. The predicted octanol–water partition coefficient (Wildman–Crippen LogP) is 0.561. The molecule has 5 nitrogen and oxygen atoms in total. The lowest BCUT2D eigenvalue weighted by Gasteiger charge is -2.05. The first-order chi connectivity index (χ1) is 7.51. The number of nitrogens with two attached hydrogens (primary N) is 1. The molecule has 2 N–H and O–H groups in total. The molecule has 1 rings (SSSR count). The summed E-state index contributed by atoms with van der Waals surface area (Å²) in [5.74, 6) is -0.113. The highest BCUT2D eigenvalue weighted by molar-refractivity contribution is 7.91. The van der Waals surface area contributed by atoms with Crippen LogP contribution in [-0.4, -0.2) is 27.9 Å². The Labute approximate surface area is 94.4 Å². The van der Waals surface area contributed by atoms with Gasteiger partial charge in [0.15, 0.2) is 9.84 Å². The molecule has 0 amide bonds. The lowest BCUT2D eigenvalue weighted by molar-refractivity contribution is 0.217. The Hall–Kier alpha value is -1.58. The van der Waals surface area contributed by atoms with Crippen LogP contribution < -0.4 is 5.73 Å². The molecule has 0 bridgehead atoms. The van der Waals surface area contributed by atoms with Gasteiger partial charge in [0, 0.05) is 12.8 Å². The minimum Gasteiger partial charge on any atom is -0.398 e. The van der Waals surface area contributed by atoms with E-state index in [0.29, 0.717) is 0 Å². The molecule has 0 heterocycles. The Balaban J connectivity index is 3.11. The van der Waals surface area contributed by atoms with Crippen molar-refractivity contribution in [2.24, 2.45) is 0 Å². The van der Waals surface area contributed by atoms with Crippen LogP contribution in [0.15, 0.2) is 23.1 Å². The summed E-state index contributed by atoms with van der Waals surface area (Å²) in [6.45, 7) is 0.120. The monoisotopic (exact) mass is 240 g/mol. The highest BCUT2D eigenvalue weighted by Crippen LogP contribution is 2.18. The van der Waals surface area contributed by atoms with Gasteiger partial charge in [-0.3, -0.25) is 0 Å². The molecule has 0 aliphatic heterocycles. The van der Waals surface area contributed by atoms with Crippen molar-refractivity contribution >= 4 is 15.5 Å². The zero-order chi connectivity index (χ0) is 12.2. The van der Waals surface area contributed by atoms with Crippen LogP contribution >= 0.6 is 0 Å². The van der Waals surface area contributed by atoms with Gasteiger partial charge < -0.3 is 10.5 Å². The molecule has 0 aliphatic carbocycles. The van der Waals surface area contributed by atoms with Crippen LogP contribution in [0.5, 0.6) is 0 Å². The Bertz CT molecular complexity index is 517. The van der Waals surface area contributed by atoms with Crippen molar-refractivity contribution in [1.29, 1.82) is 5.26 Å². The summed E-state index contributed by atoms with van der Waals surface area (Å²) in [4.78, 5) is 0.0929. The van der Waals surface area contributed by atoms with Crippen LogP contribution in [-0.2, 0) is 14.6 Å². The lowest BCUT2D eigenvalue weighted by atomic mass is 10.2. The Morgan fingerprint density at radius 3 is 2.75 bits per heavy atom. The summed E-state index contributed by atoms with van der Waals surface area (Å²) < 4.78 is 28.2. The van der Waals surface area contributed by atoms with E-state index < -0.39 is 9.84 Å². The van der Waals surface area contributed by atoms with Crippen molar-refractivity contribution in [2.45, 2.75) is 4.90 Å². The van der Waals surface area contributed by atoms with Gasteiger partial charge in [-0.15, -0.1) is 0 Å². The van der Waals surface area contributed by atoms with E-state index in [4.69, 9.17) is 15.7 Å². The standard InChI is InChI=1S/C10H12N2O3S/c1-15-4-5-16(13,14)9-2-3-10(12)8(6-9)7-11/h2-3,6H,4-5,12H2,1H3. The number of ether oxygens (including phenoxy) is 1. The van der Waals surface area contributed by atoms with Crippen molar-refractivity contribution in [3.05, 3.63) is 23.8 Å². The molecule has 0 spiro atoms. The third kappa shape index (κ3) is 2.72. The summed E-state index contributed by atoms with van der Waals surface area (Å²) in [7, 11) is -1.97. The fourth-order valence-electron chi connectivity index (χ4n) is 1.14. The number of anilines is 1. The average Bonchev–Trinajstić information content (AvgIpc) is 2.27. The van der Waals surface area contributed by atoms with E-state index in [-0.39, 0.29) is 28.5 Å². The fraction of sp³-hybridized carbons (Fsp3) is 0.300. The van der Waals surface area contributed by atoms with E-state index in [1.54, 1.807) is 0 Å². The van der Waals surface area contributed by atoms with Gasteiger partial charge in [0.1, 0.15) is 6.07 Å². The smallest absolute Gasteiger partial charge is 0.180 e. The van der Waals surface area contributed by atoms with Crippen LogP contribution in [0, 0.1) is 11.3 Å². The molecule has 0 atom stereocenters. The molecule has 0 aliphatic rings. The van der Waals surface area contributed by atoms with Gasteiger partial charge in [-0.05, 0) is 18.2 Å². The topological polar surface area (TPSA) is 93.2 Å². The van der Waals surface area contributed by atoms with Crippen molar-refractivity contribution in [1.82, 2.24) is 0 Å². The van der Waals surface area contributed by atoms with Gasteiger partial charge in [-0.25, -0.2) is 8.42 Å². The van der Waals surface area contributed by atoms with Crippen molar-refractivity contribution in [3.63, 3.8) is 0 Å². The van der Waals surface area contributed by atoms with E-state index in [1.165, 1.54) is 25.3 Å². The second-order valence-corrected chi connectivity index (χ2v) is 5.28. The quantitative estimate of drug-likeness (QED) is 0.776. The second-order valence-electron chi connectivity index (χ2n) is 3.17. The summed E-state index contributed by atoms with van der Waals surface area (Å²) in [6.07, 6.45) is 0. The second kappa shape index (κ2) is 4.96.